The quantitative estimate of drug-likeness (QED) is 0.869. The Labute approximate surface area is 131 Å². The van der Waals surface area contributed by atoms with Crippen molar-refractivity contribution < 1.29 is 0 Å². The number of nitrogens with one attached hydrogen (secondary N) is 2. The third-order valence-corrected chi connectivity index (χ3v) is 5.82. The third kappa shape index (κ3) is 3.43. The lowest BCUT2D eigenvalue weighted by Gasteiger charge is -2.35. The Morgan fingerprint density at radius 3 is 2.90 bits per heavy atom. The lowest BCUT2D eigenvalue weighted by atomic mass is 9.84. The van der Waals surface area contributed by atoms with Crippen LogP contribution in [0.1, 0.15) is 39.5 Å². The van der Waals surface area contributed by atoms with Gasteiger partial charge in [0, 0.05) is 11.3 Å². The molecule has 2 aromatic rings. The second-order valence-electron chi connectivity index (χ2n) is 5.97. The Bertz CT molecular complexity index is 547. The van der Waals surface area contributed by atoms with Gasteiger partial charge in [0.25, 0.3) is 0 Å². The molecule has 0 amide bonds. The van der Waals surface area contributed by atoms with Crippen molar-refractivity contribution in [2.45, 2.75) is 56.0 Å². The Morgan fingerprint density at radius 2 is 2.14 bits per heavy atom. The fourth-order valence-electron chi connectivity index (χ4n) is 3.34. The molecule has 0 aliphatic heterocycles. The monoisotopic (exact) mass is 303 g/mol. The predicted octanol–water partition coefficient (Wildman–Crippen LogP) is 4.21. The highest BCUT2D eigenvalue weighted by Crippen LogP contribution is 2.37. The molecule has 3 unspecified atom stereocenters. The number of para-hydroxylation sites is 2. The number of aromatic amines is 1. The van der Waals surface area contributed by atoms with Crippen LogP contribution < -0.4 is 5.32 Å². The summed E-state index contributed by atoms with van der Waals surface area (Å²) >= 11 is 1.93. The van der Waals surface area contributed by atoms with E-state index in [9.17, 15) is 0 Å². The second kappa shape index (κ2) is 6.84. The highest BCUT2D eigenvalue weighted by atomic mass is 32.2. The average molecular weight is 303 g/mol. The van der Waals surface area contributed by atoms with E-state index in [1.54, 1.807) is 0 Å². The normalized spacial score (nSPS) is 26.3. The number of thioether (sulfide) groups is 1. The van der Waals surface area contributed by atoms with E-state index < -0.39 is 0 Å². The molecule has 3 atom stereocenters. The highest BCUT2D eigenvalue weighted by Gasteiger charge is 2.30. The zero-order valence-electron chi connectivity index (χ0n) is 12.9. The molecule has 114 valence electrons. The van der Waals surface area contributed by atoms with E-state index >= 15 is 0 Å². The smallest absolute Gasteiger partial charge is 0.166 e. The van der Waals surface area contributed by atoms with Gasteiger partial charge in [-0.2, -0.15) is 0 Å². The van der Waals surface area contributed by atoms with E-state index in [-0.39, 0.29) is 0 Å². The van der Waals surface area contributed by atoms with Crippen molar-refractivity contribution in [3.8, 4) is 0 Å². The van der Waals surface area contributed by atoms with Gasteiger partial charge in [0.05, 0.1) is 11.0 Å². The number of aromatic nitrogens is 2. The minimum absolute atomic E-state index is 0.621. The lowest BCUT2D eigenvalue weighted by molar-refractivity contribution is 0.297. The number of rotatable bonds is 5. The predicted molar refractivity (Wildman–Crippen MR) is 90.8 cm³/mol. The maximum atomic E-state index is 4.73. The summed E-state index contributed by atoms with van der Waals surface area (Å²) in [5.74, 6) is 0.877. The van der Waals surface area contributed by atoms with Crippen molar-refractivity contribution >= 4 is 22.8 Å². The number of imidazole rings is 1. The van der Waals surface area contributed by atoms with E-state index in [4.69, 9.17) is 4.98 Å². The maximum Gasteiger partial charge on any atom is 0.166 e. The summed E-state index contributed by atoms with van der Waals surface area (Å²) < 4.78 is 0. The highest BCUT2D eigenvalue weighted by molar-refractivity contribution is 7.99. The van der Waals surface area contributed by atoms with Crippen molar-refractivity contribution in [1.29, 1.82) is 0 Å². The number of benzene rings is 1. The molecule has 1 fully saturated rings. The van der Waals surface area contributed by atoms with Gasteiger partial charge >= 0.3 is 0 Å². The zero-order valence-corrected chi connectivity index (χ0v) is 13.7. The van der Waals surface area contributed by atoms with Crippen LogP contribution >= 0.6 is 11.8 Å². The van der Waals surface area contributed by atoms with Gasteiger partial charge in [-0.05, 0) is 43.9 Å². The van der Waals surface area contributed by atoms with Gasteiger partial charge in [-0.25, -0.2) is 4.98 Å². The summed E-state index contributed by atoms with van der Waals surface area (Å²) in [4.78, 5) is 8.19. The number of nitrogens with zero attached hydrogens (tertiary/aromatic N) is 1. The molecule has 1 aliphatic carbocycles. The van der Waals surface area contributed by atoms with Crippen molar-refractivity contribution in [3.63, 3.8) is 0 Å². The van der Waals surface area contributed by atoms with Crippen LogP contribution in [0, 0.1) is 5.92 Å². The Hall–Kier alpha value is -1.00. The molecule has 1 aliphatic rings. The molecular formula is C17H25N3S. The number of hydrogen-bond acceptors (Lipinski definition) is 3. The summed E-state index contributed by atoms with van der Waals surface area (Å²) in [5.41, 5.74) is 2.21. The lowest BCUT2D eigenvalue weighted by Crippen LogP contribution is -2.42. The number of H-pyrrole nitrogens is 1. The fraction of sp³-hybridized carbons (Fsp3) is 0.588. The van der Waals surface area contributed by atoms with E-state index in [0.717, 1.165) is 28.7 Å². The SMILES string of the molecule is CCNC1CCC(CC)CC1Sc1nc2ccccc2[nH]1. The van der Waals surface area contributed by atoms with Gasteiger partial charge in [-0.3, -0.25) is 0 Å². The fourth-order valence-corrected chi connectivity index (χ4v) is 4.71. The molecule has 3 rings (SSSR count). The van der Waals surface area contributed by atoms with Crippen LogP contribution in [-0.2, 0) is 0 Å². The molecule has 1 saturated carbocycles. The largest absolute Gasteiger partial charge is 0.333 e. The van der Waals surface area contributed by atoms with E-state index in [0.29, 0.717) is 11.3 Å². The molecule has 0 bridgehead atoms. The Balaban J connectivity index is 1.75. The summed E-state index contributed by atoms with van der Waals surface area (Å²) in [7, 11) is 0. The molecule has 21 heavy (non-hydrogen) atoms. The van der Waals surface area contributed by atoms with Crippen LogP contribution in [-0.4, -0.2) is 27.8 Å². The van der Waals surface area contributed by atoms with Gasteiger partial charge in [-0.15, -0.1) is 0 Å². The van der Waals surface area contributed by atoms with Crippen LogP contribution in [0.25, 0.3) is 11.0 Å². The Morgan fingerprint density at radius 1 is 1.29 bits per heavy atom. The van der Waals surface area contributed by atoms with Crippen LogP contribution in [0.2, 0.25) is 0 Å². The van der Waals surface area contributed by atoms with Gasteiger partial charge in [0.1, 0.15) is 0 Å². The molecule has 1 heterocycles. The molecule has 0 saturated heterocycles. The summed E-state index contributed by atoms with van der Waals surface area (Å²) in [6.07, 6.45) is 5.27. The van der Waals surface area contributed by atoms with Crippen molar-refractivity contribution in [2.75, 3.05) is 6.54 Å². The summed E-state index contributed by atoms with van der Waals surface area (Å²) in [6.45, 7) is 5.58. The number of fused-ring (bicyclic) bond motifs is 1. The van der Waals surface area contributed by atoms with Crippen LogP contribution in [0.15, 0.2) is 29.4 Å². The van der Waals surface area contributed by atoms with E-state index in [2.05, 4.69) is 42.3 Å². The van der Waals surface area contributed by atoms with Crippen molar-refractivity contribution in [1.82, 2.24) is 15.3 Å². The van der Waals surface area contributed by atoms with Crippen molar-refractivity contribution in [3.05, 3.63) is 24.3 Å². The van der Waals surface area contributed by atoms with Gasteiger partial charge in [0.15, 0.2) is 5.16 Å². The molecule has 1 aromatic heterocycles. The van der Waals surface area contributed by atoms with Crippen LogP contribution in [0.4, 0.5) is 0 Å². The minimum atomic E-state index is 0.621. The third-order valence-electron chi connectivity index (χ3n) is 4.57. The minimum Gasteiger partial charge on any atom is -0.333 e. The first-order valence-corrected chi connectivity index (χ1v) is 9.03. The average Bonchev–Trinajstić information content (AvgIpc) is 2.91. The van der Waals surface area contributed by atoms with Crippen LogP contribution in [0.5, 0.6) is 0 Å². The maximum absolute atomic E-state index is 4.73. The molecule has 4 heteroatoms. The van der Waals surface area contributed by atoms with Crippen LogP contribution in [0.3, 0.4) is 0 Å². The Kier molecular flexibility index (Phi) is 4.86. The molecule has 3 nitrogen and oxygen atoms in total. The first-order valence-electron chi connectivity index (χ1n) is 8.15. The van der Waals surface area contributed by atoms with Gasteiger partial charge < -0.3 is 10.3 Å². The molecule has 0 radical (unpaired) electrons. The topological polar surface area (TPSA) is 40.7 Å². The van der Waals surface area contributed by atoms with Crippen molar-refractivity contribution in [2.24, 2.45) is 5.92 Å². The number of hydrogen-bond donors (Lipinski definition) is 2. The molecule has 1 aromatic carbocycles. The summed E-state index contributed by atoms with van der Waals surface area (Å²) in [5, 5.41) is 5.37. The summed E-state index contributed by atoms with van der Waals surface area (Å²) in [6, 6.07) is 8.91. The first kappa shape index (κ1) is 14.9. The first-order chi connectivity index (χ1) is 10.3. The molecule has 0 spiro atoms. The molecular weight excluding hydrogens is 278 g/mol. The molecule has 2 N–H and O–H groups in total. The second-order valence-corrected chi connectivity index (χ2v) is 7.19. The standard InChI is InChI=1S/C17H25N3S/c1-3-12-9-10-15(18-4-2)16(11-12)21-17-19-13-7-5-6-8-14(13)20-17/h5-8,12,15-16,18H,3-4,9-11H2,1-2H3,(H,19,20). The van der Waals surface area contributed by atoms with Gasteiger partial charge in [0.2, 0.25) is 0 Å². The van der Waals surface area contributed by atoms with Gasteiger partial charge in [-0.1, -0.05) is 44.2 Å². The van der Waals surface area contributed by atoms with E-state index in [1.165, 1.54) is 25.7 Å². The van der Waals surface area contributed by atoms with E-state index in [1.807, 2.05) is 17.8 Å². The zero-order chi connectivity index (χ0) is 14.7.